The highest BCUT2D eigenvalue weighted by Crippen LogP contribution is 2.30. The molecule has 172 valence electrons. The van der Waals surface area contributed by atoms with Crippen molar-refractivity contribution in [3.63, 3.8) is 0 Å². The van der Waals surface area contributed by atoms with Gasteiger partial charge in [-0.05, 0) is 62.0 Å². The van der Waals surface area contributed by atoms with E-state index in [2.05, 4.69) is 27.1 Å². The molecule has 2 aliphatic rings. The zero-order valence-corrected chi connectivity index (χ0v) is 20.1. The summed E-state index contributed by atoms with van der Waals surface area (Å²) < 4.78 is 27.7. The van der Waals surface area contributed by atoms with Gasteiger partial charge in [-0.25, -0.2) is 13.1 Å². The third-order valence-corrected chi connectivity index (χ3v) is 8.08. The highest BCUT2D eigenvalue weighted by atomic mass is 35.5. The van der Waals surface area contributed by atoms with Gasteiger partial charge in [-0.2, -0.15) is 0 Å². The monoisotopic (exact) mass is 495 g/mol. The summed E-state index contributed by atoms with van der Waals surface area (Å²) in [6.07, 6.45) is 5.44. The van der Waals surface area contributed by atoms with E-state index in [4.69, 9.17) is 23.2 Å². The number of likely N-dealkylation sites (tertiary alicyclic amines) is 1. The topological polar surface area (TPSA) is 78.5 Å². The standard InChI is InChI=1S/C23H27Cl2N3O3S/c24-20-13-21(25)22(32(30,31)27-18-8-9-18)12-19(20)23(29)26-14-16-4-6-17(7-5-16)15-28-10-2-1-3-11-28/h4-7,12-13,18,27H,1-3,8-11,14-15H2,(H,26,29). The fraction of sp³-hybridized carbons (Fsp3) is 0.435. The van der Waals surface area contributed by atoms with Crippen LogP contribution in [0, 0.1) is 0 Å². The lowest BCUT2D eigenvalue weighted by Gasteiger charge is -2.26. The van der Waals surface area contributed by atoms with E-state index in [0.717, 1.165) is 38.0 Å². The van der Waals surface area contributed by atoms with Gasteiger partial charge in [-0.3, -0.25) is 9.69 Å². The SMILES string of the molecule is O=C(NCc1ccc(CN2CCCCC2)cc1)c1cc(S(=O)(=O)NC2CC2)c(Cl)cc1Cl. The van der Waals surface area contributed by atoms with Gasteiger partial charge in [-0.1, -0.05) is 53.9 Å². The molecule has 0 aromatic heterocycles. The van der Waals surface area contributed by atoms with Crippen molar-refractivity contribution in [1.82, 2.24) is 14.9 Å². The molecule has 1 amide bonds. The molecule has 32 heavy (non-hydrogen) atoms. The summed E-state index contributed by atoms with van der Waals surface area (Å²) in [4.78, 5) is 15.1. The summed E-state index contributed by atoms with van der Waals surface area (Å²) >= 11 is 12.3. The van der Waals surface area contributed by atoms with Crippen molar-refractivity contribution in [2.75, 3.05) is 13.1 Å². The Morgan fingerprint density at radius 2 is 1.62 bits per heavy atom. The van der Waals surface area contributed by atoms with Crippen molar-refractivity contribution in [1.29, 1.82) is 0 Å². The molecule has 0 radical (unpaired) electrons. The van der Waals surface area contributed by atoms with Crippen LogP contribution in [0.4, 0.5) is 0 Å². The molecule has 0 atom stereocenters. The highest BCUT2D eigenvalue weighted by Gasteiger charge is 2.30. The van der Waals surface area contributed by atoms with Crippen LogP contribution in [-0.2, 0) is 23.1 Å². The van der Waals surface area contributed by atoms with Crippen LogP contribution in [0.25, 0.3) is 0 Å². The molecule has 1 heterocycles. The minimum atomic E-state index is -3.81. The molecule has 0 bridgehead atoms. The molecule has 0 spiro atoms. The van der Waals surface area contributed by atoms with Gasteiger partial charge < -0.3 is 5.32 Å². The fourth-order valence-electron chi connectivity index (χ4n) is 3.81. The van der Waals surface area contributed by atoms with E-state index >= 15 is 0 Å². The van der Waals surface area contributed by atoms with Gasteiger partial charge in [-0.15, -0.1) is 0 Å². The van der Waals surface area contributed by atoms with Gasteiger partial charge in [0.25, 0.3) is 5.91 Å². The maximum Gasteiger partial charge on any atom is 0.253 e. The van der Waals surface area contributed by atoms with Crippen LogP contribution in [-0.4, -0.2) is 38.4 Å². The summed E-state index contributed by atoms with van der Waals surface area (Å²) in [7, 11) is -3.81. The Morgan fingerprint density at radius 1 is 0.969 bits per heavy atom. The number of carbonyl (C=O) groups excluding carboxylic acids is 1. The maximum absolute atomic E-state index is 12.7. The summed E-state index contributed by atoms with van der Waals surface area (Å²) in [5.74, 6) is -0.452. The minimum absolute atomic E-state index is 0.0102. The van der Waals surface area contributed by atoms with E-state index in [1.54, 1.807) is 0 Å². The molecule has 4 rings (SSSR count). The Morgan fingerprint density at radius 3 is 2.28 bits per heavy atom. The van der Waals surface area contributed by atoms with Crippen LogP contribution in [0.1, 0.15) is 53.6 Å². The van der Waals surface area contributed by atoms with Crippen molar-refractivity contribution in [2.24, 2.45) is 0 Å². The first kappa shape index (κ1) is 23.5. The largest absolute Gasteiger partial charge is 0.348 e. The second-order valence-electron chi connectivity index (χ2n) is 8.49. The number of piperidine rings is 1. The molecule has 6 nitrogen and oxygen atoms in total. The van der Waals surface area contributed by atoms with Crippen LogP contribution >= 0.6 is 23.2 Å². The predicted octanol–water partition coefficient (Wildman–Crippen LogP) is 4.35. The molecule has 1 aliphatic heterocycles. The lowest BCUT2D eigenvalue weighted by Crippen LogP contribution is -2.29. The molecule has 1 aliphatic carbocycles. The molecule has 1 saturated carbocycles. The van der Waals surface area contributed by atoms with Gasteiger partial charge in [0.15, 0.2) is 0 Å². The van der Waals surface area contributed by atoms with E-state index in [0.29, 0.717) is 6.54 Å². The lowest BCUT2D eigenvalue weighted by molar-refractivity contribution is 0.0951. The van der Waals surface area contributed by atoms with Crippen LogP contribution in [0.3, 0.4) is 0 Å². The maximum atomic E-state index is 12.7. The number of hydrogen-bond acceptors (Lipinski definition) is 4. The fourth-order valence-corrected chi connectivity index (χ4v) is 5.97. The molecule has 2 fully saturated rings. The first-order chi connectivity index (χ1) is 15.3. The van der Waals surface area contributed by atoms with E-state index in [9.17, 15) is 13.2 Å². The van der Waals surface area contributed by atoms with E-state index in [-0.39, 0.29) is 26.5 Å². The number of halogens is 2. The Bertz CT molecular complexity index is 1080. The molecule has 0 unspecified atom stereocenters. The van der Waals surface area contributed by atoms with E-state index < -0.39 is 15.9 Å². The number of nitrogens with zero attached hydrogens (tertiary/aromatic N) is 1. The number of nitrogens with one attached hydrogen (secondary N) is 2. The first-order valence-electron chi connectivity index (χ1n) is 10.9. The minimum Gasteiger partial charge on any atom is -0.348 e. The normalized spacial score (nSPS) is 17.3. The Hall–Kier alpha value is -1.64. The number of carbonyl (C=O) groups is 1. The number of sulfonamides is 1. The Balaban J connectivity index is 1.39. The summed E-state index contributed by atoms with van der Waals surface area (Å²) in [6.45, 7) is 3.55. The second-order valence-corrected chi connectivity index (χ2v) is 11.0. The number of hydrogen-bond donors (Lipinski definition) is 2. The van der Waals surface area contributed by atoms with Gasteiger partial charge in [0.1, 0.15) is 4.90 Å². The summed E-state index contributed by atoms with van der Waals surface area (Å²) in [6, 6.07) is 10.6. The lowest BCUT2D eigenvalue weighted by atomic mass is 10.1. The molecule has 9 heteroatoms. The Labute approximate surface area is 199 Å². The van der Waals surface area contributed by atoms with Crippen molar-refractivity contribution in [2.45, 2.75) is 56.1 Å². The van der Waals surface area contributed by atoms with Gasteiger partial charge in [0.2, 0.25) is 10.0 Å². The van der Waals surface area contributed by atoms with Crippen molar-refractivity contribution >= 4 is 39.1 Å². The molecule has 1 saturated heterocycles. The Kier molecular flexibility index (Phi) is 7.42. The second kappa shape index (κ2) is 10.1. The van der Waals surface area contributed by atoms with Gasteiger partial charge in [0, 0.05) is 19.1 Å². The van der Waals surface area contributed by atoms with Crippen LogP contribution < -0.4 is 10.0 Å². The molecule has 2 aromatic carbocycles. The molecular formula is C23H27Cl2N3O3S. The average Bonchev–Trinajstić information content (AvgIpc) is 3.57. The molecular weight excluding hydrogens is 469 g/mol. The van der Waals surface area contributed by atoms with Crippen molar-refractivity contribution < 1.29 is 13.2 Å². The quantitative estimate of drug-likeness (QED) is 0.570. The predicted molar refractivity (Wildman–Crippen MR) is 127 cm³/mol. The van der Waals surface area contributed by atoms with Gasteiger partial charge >= 0.3 is 0 Å². The van der Waals surface area contributed by atoms with Gasteiger partial charge in [0.05, 0.1) is 15.6 Å². The zero-order valence-electron chi connectivity index (χ0n) is 17.7. The number of benzene rings is 2. The third-order valence-electron chi connectivity index (χ3n) is 5.79. The average molecular weight is 496 g/mol. The van der Waals surface area contributed by atoms with Crippen LogP contribution in [0.2, 0.25) is 10.0 Å². The van der Waals surface area contributed by atoms with E-state index in [1.165, 1.54) is 37.0 Å². The van der Waals surface area contributed by atoms with Crippen LogP contribution in [0.5, 0.6) is 0 Å². The first-order valence-corrected chi connectivity index (χ1v) is 13.2. The summed E-state index contributed by atoms with van der Waals surface area (Å²) in [5, 5.41) is 2.91. The number of amides is 1. The van der Waals surface area contributed by atoms with Crippen molar-refractivity contribution in [3.05, 3.63) is 63.1 Å². The number of rotatable bonds is 8. The molecule has 2 N–H and O–H groups in total. The van der Waals surface area contributed by atoms with E-state index in [1.807, 2.05) is 12.1 Å². The summed E-state index contributed by atoms with van der Waals surface area (Å²) in [5.41, 5.74) is 2.28. The highest BCUT2D eigenvalue weighted by molar-refractivity contribution is 7.89. The third kappa shape index (κ3) is 6.02. The smallest absolute Gasteiger partial charge is 0.253 e. The van der Waals surface area contributed by atoms with Crippen LogP contribution in [0.15, 0.2) is 41.3 Å². The molecule has 2 aromatic rings. The van der Waals surface area contributed by atoms with Crippen molar-refractivity contribution in [3.8, 4) is 0 Å². The zero-order chi connectivity index (χ0) is 22.7.